The Morgan fingerprint density at radius 2 is 2.35 bits per heavy atom. The van der Waals surface area contributed by atoms with Gasteiger partial charge in [-0.2, -0.15) is 5.26 Å². The number of hydrogen-bond donors (Lipinski definition) is 1. The minimum absolute atomic E-state index is 0.184. The van der Waals surface area contributed by atoms with Gasteiger partial charge in [0.05, 0.1) is 6.07 Å². The maximum absolute atomic E-state index is 11.8. The molecule has 0 aromatic heterocycles. The van der Waals surface area contributed by atoms with E-state index in [0.717, 1.165) is 32.1 Å². The predicted octanol–water partition coefficient (Wildman–Crippen LogP) is 1.75. The van der Waals surface area contributed by atoms with E-state index in [1.165, 1.54) is 0 Å². The third-order valence-corrected chi connectivity index (χ3v) is 3.72. The van der Waals surface area contributed by atoms with Gasteiger partial charge in [-0.15, -0.1) is 0 Å². The standard InChI is InChI=1S/C13H20N2O2/c1-9(2)7-10-12(16)17-11-5-3-4-6-13(11,8-14)15-10/h9-11,15H,3-7H2,1-2H3/t10-,11+,13-/m0/s1. The molecule has 1 N–H and O–H groups in total. The second-order valence-electron chi connectivity index (χ2n) is 5.58. The van der Waals surface area contributed by atoms with Crippen LogP contribution in [-0.2, 0) is 9.53 Å². The molecule has 2 rings (SSSR count). The summed E-state index contributed by atoms with van der Waals surface area (Å²) in [7, 11) is 0. The van der Waals surface area contributed by atoms with E-state index in [1.807, 2.05) is 0 Å². The molecule has 0 unspecified atom stereocenters. The molecule has 1 aliphatic carbocycles. The molecule has 17 heavy (non-hydrogen) atoms. The lowest BCUT2D eigenvalue weighted by Crippen LogP contribution is -2.66. The maximum Gasteiger partial charge on any atom is 0.323 e. The molecule has 94 valence electrons. The summed E-state index contributed by atoms with van der Waals surface area (Å²) in [6.07, 6.45) is 4.14. The van der Waals surface area contributed by atoms with Crippen LogP contribution in [0.4, 0.5) is 0 Å². The number of morpholine rings is 1. The summed E-state index contributed by atoms with van der Waals surface area (Å²) in [6.45, 7) is 4.14. The molecular formula is C13H20N2O2. The van der Waals surface area contributed by atoms with E-state index in [9.17, 15) is 10.1 Å². The molecule has 0 aromatic rings. The smallest absolute Gasteiger partial charge is 0.323 e. The highest BCUT2D eigenvalue weighted by Crippen LogP contribution is 2.34. The minimum atomic E-state index is -0.633. The van der Waals surface area contributed by atoms with Gasteiger partial charge in [-0.05, 0) is 31.6 Å². The first-order valence-corrected chi connectivity index (χ1v) is 6.47. The number of ether oxygens (including phenoxy) is 1. The van der Waals surface area contributed by atoms with Crippen molar-refractivity contribution < 1.29 is 9.53 Å². The lowest BCUT2D eigenvalue weighted by molar-refractivity contribution is -0.166. The zero-order chi connectivity index (χ0) is 12.5. The molecule has 1 heterocycles. The second-order valence-corrected chi connectivity index (χ2v) is 5.58. The zero-order valence-corrected chi connectivity index (χ0v) is 10.5. The Morgan fingerprint density at radius 1 is 1.59 bits per heavy atom. The van der Waals surface area contributed by atoms with Crippen LogP contribution in [0.15, 0.2) is 0 Å². The van der Waals surface area contributed by atoms with Crippen LogP contribution in [0, 0.1) is 17.2 Å². The van der Waals surface area contributed by atoms with E-state index in [4.69, 9.17) is 4.74 Å². The van der Waals surface area contributed by atoms with Crippen LogP contribution in [0.2, 0.25) is 0 Å². The van der Waals surface area contributed by atoms with Gasteiger partial charge in [0, 0.05) is 0 Å². The van der Waals surface area contributed by atoms with Gasteiger partial charge in [0.25, 0.3) is 0 Å². The third kappa shape index (κ3) is 2.30. The fraction of sp³-hybridized carbons (Fsp3) is 0.846. The zero-order valence-electron chi connectivity index (χ0n) is 10.5. The molecule has 4 heteroatoms. The molecule has 0 spiro atoms. The molecule has 1 saturated carbocycles. The summed E-state index contributed by atoms with van der Waals surface area (Å²) in [5.41, 5.74) is -0.633. The van der Waals surface area contributed by atoms with Crippen LogP contribution in [0.3, 0.4) is 0 Å². The van der Waals surface area contributed by atoms with Gasteiger partial charge in [-0.1, -0.05) is 20.3 Å². The summed E-state index contributed by atoms with van der Waals surface area (Å²) in [5.74, 6) is 0.229. The maximum atomic E-state index is 11.8. The van der Waals surface area contributed by atoms with Gasteiger partial charge < -0.3 is 4.74 Å². The van der Waals surface area contributed by atoms with Gasteiger partial charge in [-0.25, -0.2) is 0 Å². The van der Waals surface area contributed by atoms with Crippen LogP contribution in [-0.4, -0.2) is 23.7 Å². The van der Waals surface area contributed by atoms with E-state index in [-0.39, 0.29) is 18.1 Å². The van der Waals surface area contributed by atoms with Crippen molar-refractivity contribution in [1.29, 1.82) is 5.26 Å². The van der Waals surface area contributed by atoms with Crippen LogP contribution in [0.1, 0.15) is 46.0 Å². The molecule has 0 radical (unpaired) electrons. The molecule has 4 nitrogen and oxygen atoms in total. The average molecular weight is 236 g/mol. The van der Waals surface area contributed by atoms with Crippen LogP contribution >= 0.6 is 0 Å². The Morgan fingerprint density at radius 3 is 3.00 bits per heavy atom. The molecule has 1 aliphatic heterocycles. The number of esters is 1. The number of nitrogens with zero attached hydrogens (tertiary/aromatic N) is 1. The number of nitriles is 1. The summed E-state index contributed by atoms with van der Waals surface area (Å²) in [5, 5.41) is 12.7. The van der Waals surface area contributed by atoms with E-state index in [2.05, 4.69) is 25.2 Å². The van der Waals surface area contributed by atoms with Gasteiger partial charge in [0.15, 0.2) is 0 Å². The first-order valence-electron chi connectivity index (χ1n) is 6.47. The van der Waals surface area contributed by atoms with Crippen molar-refractivity contribution in [3.05, 3.63) is 0 Å². The Balaban J connectivity index is 2.15. The monoisotopic (exact) mass is 236 g/mol. The lowest BCUT2D eigenvalue weighted by Gasteiger charge is -2.45. The summed E-state index contributed by atoms with van der Waals surface area (Å²) < 4.78 is 5.47. The molecule has 2 aliphatic rings. The van der Waals surface area contributed by atoms with Crippen molar-refractivity contribution in [3.63, 3.8) is 0 Å². The highest BCUT2D eigenvalue weighted by atomic mass is 16.6. The van der Waals surface area contributed by atoms with Crippen LogP contribution in [0.5, 0.6) is 0 Å². The van der Waals surface area contributed by atoms with Crippen molar-refractivity contribution in [2.45, 2.75) is 63.6 Å². The third-order valence-electron chi connectivity index (χ3n) is 3.72. The van der Waals surface area contributed by atoms with Crippen LogP contribution in [0.25, 0.3) is 0 Å². The fourth-order valence-electron chi connectivity index (χ4n) is 2.84. The average Bonchev–Trinajstić information content (AvgIpc) is 2.29. The molecular weight excluding hydrogens is 216 g/mol. The largest absolute Gasteiger partial charge is 0.458 e. The van der Waals surface area contributed by atoms with E-state index in [1.54, 1.807) is 0 Å². The van der Waals surface area contributed by atoms with Crippen molar-refractivity contribution in [2.24, 2.45) is 5.92 Å². The topological polar surface area (TPSA) is 62.1 Å². The first-order chi connectivity index (χ1) is 8.07. The Kier molecular flexibility index (Phi) is 3.39. The number of carbonyl (C=O) groups excluding carboxylic acids is 1. The summed E-state index contributed by atoms with van der Waals surface area (Å²) in [4.78, 5) is 11.8. The fourth-order valence-corrected chi connectivity index (χ4v) is 2.84. The number of nitrogens with one attached hydrogen (secondary N) is 1. The SMILES string of the molecule is CC(C)C[C@@H]1N[C@]2(C#N)CCCC[C@H]2OC1=O. The molecule has 2 fully saturated rings. The van der Waals surface area contributed by atoms with Crippen molar-refractivity contribution in [3.8, 4) is 6.07 Å². The molecule has 0 aromatic carbocycles. The first kappa shape index (κ1) is 12.4. The summed E-state index contributed by atoms with van der Waals surface area (Å²) in [6, 6.07) is 2.04. The second kappa shape index (κ2) is 4.66. The van der Waals surface area contributed by atoms with E-state index in [0.29, 0.717) is 5.92 Å². The predicted molar refractivity (Wildman–Crippen MR) is 63.1 cm³/mol. The number of hydrogen-bond acceptors (Lipinski definition) is 4. The molecule has 0 bridgehead atoms. The highest BCUT2D eigenvalue weighted by molar-refractivity contribution is 5.77. The Bertz CT molecular complexity index is 348. The minimum Gasteiger partial charge on any atom is -0.458 e. The lowest BCUT2D eigenvalue weighted by atomic mass is 9.78. The molecule has 1 saturated heterocycles. The number of rotatable bonds is 2. The van der Waals surface area contributed by atoms with Crippen molar-refractivity contribution in [1.82, 2.24) is 5.32 Å². The van der Waals surface area contributed by atoms with Crippen molar-refractivity contribution in [2.75, 3.05) is 0 Å². The quantitative estimate of drug-likeness (QED) is 0.742. The number of fused-ring (bicyclic) bond motifs is 1. The van der Waals surface area contributed by atoms with E-state index < -0.39 is 5.54 Å². The van der Waals surface area contributed by atoms with Gasteiger partial charge >= 0.3 is 5.97 Å². The van der Waals surface area contributed by atoms with Gasteiger partial charge in [-0.3, -0.25) is 10.1 Å². The van der Waals surface area contributed by atoms with E-state index >= 15 is 0 Å². The number of carbonyl (C=O) groups is 1. The van der Waals surface area contributed by atoms with Gasteiger partial charge in [0.1, 0.15) is 17.7 Å². The van der Waals surface area contributed by atoms with Gasteiger partial charge in [0.2, 0.25) is 0 Å². The van der Waals surface area contributed by atoms with Crippen LogP contribution < -0.4 is 5.32 Å². The normalized spacial score (nSPS) is 37.2. The summed E-state index contributed by atoms with van der Waals surface area (Å²) >= 11 is 0. The highest BCUT2D eigenvalue weighted by Gasteiger charge is 2.50. The van der Waals surface area contributed by atoms with Crippen molar-refractivity contribution >= 4 is 5.97 Å². The molecule has 0 amide bonds. The Hall–Kier alpha value is -1.08. The molecule has 3 atom stereocenters. The Labute approximate surface area is 102 Å².